The Morgan fingerprint density at radius 2 is 2.05 bits per heavy atom. The van der Waals surface area contributed by atoms with Crippen molar-refractivity contribution in [3.8, 4) is 0 Å². The Labute approximate surface area is 135 Å². The summed E-state index contributed by atoms with van der Waals surface area (Å²) in [4.78, 5) is 27.6. The molecule has 0 saturated carbocycles. The molecule has 0 bridgehead atoms. The molecule has 1 aromatic carbocycles. The molecule has 1 unspecified atom stereocenters. The molecule has 1 heterocycles. The van der Waals surface area contributed by atoms with Crippen LogP contribution in [0.1, 0.15) is 24.3 Å². The molecule has 0 aromatic heterocycles. The van der Waals surface area contributed by atoms with Crippen molar-refractivity contribution in [1.82, 2.24) is 4.90 Å². The Bertz CT molecular complexity index is 531. The number of anilines is 1. The number of amides is 1. The van der Waals surface area contributed by atoms with Crippen LogP contribution in [0.4, 0.5) is 5.69 Å². The molecule has 0 aliphatic carbocycles. The molecule has 6 heteroatoms. The second kappa shape index (κ2) is 7.54. The zero-order valence-corrected chi connectivity index (χ0v) is 14.1. The molecule has 1 aliphatic heterocycles. The molecule has 0 spiro atoms. The lowest BCUT2D eigenvalue weighted by molar-refractivity contribution is -0.149. The van der Waals surface area contributed by atoms with E-state index in [9.17, 15) is 9.59 Å². The van der Waals surface area contributed by atoms with E-state index in [0.717, 1.165) is 17.0 Å². The number of nitrogens with zero attached hydrogens (tertiary/aromatic N) is 2. The molecular weight excluding hydrogens is 300 g/mol. The number of hydrogen-bond acceptors (Lipinski definition) is 5. The summed E-state index contributed by atoms with van der Waals surface area (Å²) in [5.41, 5.74) is 2.14. The van der Waals surface area contributed by atoms with E-state index in [1.165, 1.54) is 0 Å². The first-order chi connectivity index (χ1) is 10.5. The van der Waals surface area contributed by atoms with Crippen molar-refractivity contribution in [1.29, 1.82) is 0 Å². The van der Waals surface area contributed by atoms with E-state index >= 15 is 0 Å². The van der Waals surface area contributed by atoms with Gasteiger partial charge in [0.05, 0.1) is 6.61 Å². The molecule has 1 atom stereocenters. The largest absolute Gasteiger partial charge is 0.465 e. The highest BCUT2D eigenvalue weighted by molar-refractivity contribution is 7.99. The fourth-order valence-corrected chi connectivity index (χ4v) is 3.59. The topological polar surface area (TPSA) is 49.9 Å². The second-order valence-corrected chi connectivity index (χ2v) is 6.47. The molecule has 2 rings (SSSR count). The molecule has 0 N–H and O–H groups in total. The van der Waals surface area contributed by atoms with E-state index in [1.807, 2.05) is 43.3 Å². The number of ether oxygens (including phenoxy) is 1. The summed E-state index contributed by atoms with van der Waals surface area (Å²) in [6.45, 7) is 2.11. The van der Waals surface area contributed by atoms with Gasteiger partial charge in [0.2, 0.25) is 5.91 Å². The van der Waals surface area contributed by atoms with Crippen molar-refractivity contribution in [2.24, 2.45) is 0 Å². The first-order valence-corrected chi connectivity index (χ1v) is 8.41. The lowest BCUT2D eigenvalue weighted by atomic mass is 10.1. The highest BCUT2D eigenvalue weighted by Gasteiger charge is 2.31. The number of carbonyl (C=O) groups is 2. The van der Waals surface area contributed by atoms with E-state index in [1.54, 1.807) is 23.6 Å². The molecule has 1 aliphatic rings. The van der Waals surface area contributed by atoms with Gasteiger partial charge >= 0.3 is 5.97 Å². The van der Waals surface area contributed by atoms with Crippen molar-refractivity contribution in [2.75, 3.05) is 37.9 Å². The minimum atomic E-state index is -0.353. The minimum Gasteiger partial charge on any atom is -0.465 e. The van der Waals surface area contributed by atoms with Crippen LogP contribution >= 0.6 is 11.8 Å². The smallest absolute Gasteiger partial charge is 0.325 e. The van der Waals surface area contributed by atoms with E-state index in [-0.39, 0.29) is 23.8 Å². The van der Waals surface area contributed by atoms with E-state index in [0.29, 0.717) is 13.0 Å². The SMILES string of the molecule is CCOC(=O)CN1C(=O)CCSC1c1ccc(N(C)C)cc1. The van der Waals surface area contributed by atoms with Gasteiger partial charge in [0.1, 0.15) is 11.9 Å². The molecule has 1 aromatic rings. The van der Waals surface area contributed by atoms with Gasteiger partial charge in [-0.3, -0.25) is 9.59 Å². The van der Waals surface area contributed by atoms with Gasteiger partial charge < -0.3 is 14.5 Å². The third-order valence-electron chi connectivity index (χ3n) is 3.49. The van der Waals surface area contributed by atoms with Crippen LogP contribution in [0.5, 0.6) is 0 Å². The van der Waals surface area contributed by atoms with Gasteiger partial charge in [0.25, 0.3) is 0 Å². The van der Waals surface area contributed by atoms with Crippen LogP contribution in [0.3, 0.4) is 0 Å². The van der Waals surface area contributed by atoms with Crippen LogP contribution in [-0.2, 0) is 14.3 Å². The number of esters is 1. The number of hydrogen-bond donors (Lipinski definition) is 0. The van der Waals surface area contributed by atoms with Gasteiger partial charge in [-0.05, 0) is 24.6 Å². The molecule has 120 valence electrons. The fraction of sp³-hybridized carbons (Fsp3) is 0.500. The average Bonchev–Trinajstić information content (AvgIpc) is 2.49. The number of rotatable bonds is 5. The highest BCUT2D eigenvalue weighted by Crippen LogP contribution is 2.37. The van der Waals surface area contributed by atoms with E-state index in [2.05, 4.69) is 0 Å². The summed E-state index contributed by atoms with van der Waals surface area (Å²) in [7, 11) is 3.97. The molecule has 1 amide bonds. The maximum Gasteiger partial charge on any atom is 0.325 e. The van der Waals surface area contributed by atoms with Gasteiger partial charge in [-0.1, -0.05) is 12.1 Å². The third-order valence-corrected chi connectivity index (χ3v) is 4.78. The van der Waals surface area contributed by atoms with Crippen LogP contribution < -0.4 is 4.90 Å². The van der Waals surface area contributed by atoms with Crippen LogP contribution in [0.25, 0.3) is 0 Å². The quantitative estimate of drug-likeness (QED) is 0.779. The molecule has 22 heavy (non-hydrogen) atoms. The predicted octanol–water partition coefficient (Wildman–Crippen LogP) is 2.28. The van der Waals surface area contributed by atoms with Crippen molar-refractivity contribution < 1.29 is 14.3 Å². The number of thioether (sulfide) groups is 1. The van der Waals surface area contributed by atoms with Gasteiger partial charge in [0.15, 0.2) is 0 Å². The minimum absolute atomic E-state index is 0.00786. The zero-order valence-electron chi connectivity index (χ0n) is 13.2. The predicted molar refractivity (Wildman–Crippen MR) is 88.9 cm³/mol. The first kappa shape index (κ1) is 16.7. The first-order valence-electron chi connectivity index (χ1n) is 7.37. The van der Waals surface area contributed by atoms with Crippen LogP contribution in [0.15, 0.2) is 24.3 Å². The average molecular weight is 322 g/mol. The standard InChI is InChI=1S/C16H22N2O3S/c1-4-21-15(20)11-18-14(19)9-10-22-16(18)12-5-7-13(8-6-12)17(2)3/h5-8,16H,4,9-11H2,1-3H3. The Morgan fingerprint density at radius 3 is 2.64 bits per heavy atom. The van der Waals surface area contributed by atoms with Gasteiger partial charge in [-0.2, -0.15) is 0 Å². The molecule has 0 radical (unpaired) electrons. The Hall–Kier alpha value is -1.69. The maximum absolute atomic E-state index is 12.2. The Morgan fingerprint density at radius 1 is 1.36 bits per heavy atom. The summed E-state index contributed by atoms with van der Waals surface area (Å²) in [5.74, 6) is 0.430. The third kappa shape index (κ3) is 3.94. The fourth-order valence-electron chi connectivity index (χ4n) is 2.35. The number of benzene rings is 1. The summed E-state index contributed by atoms with van der Waals surface area (Å²) in [6, 6.07) is 8.09. The van der Waals surface area contributed by atoms with Gasteiger partial charge in [-0.25, -0.2) is 0 Å². The number of carbonyl (C=O) groups excluding carboxylic acids is 2. The molecular formula is C16H22N2O3S. The maximum atomic E-state index is 12.2. The summed E-state index contributed by atoms with van der Waals surface area (Å²) >= 11 is 1.69. The second-order valence-electron chi connectivity index (χ2n) is 5.29. The molecule has 1 fully saturated rings. The summed E-state index contributed by atoms with van der Waals surface area (Å²) in [5, 5.41) is -0.123. The molecule has 1 saturated heterocycles. The van der Waals surface area contributed by atoms with Crippen LogP contribution in [0.2, 0.25) is 0 Å². The monoisotopic (exact) mass is 322 g/mol. The van der Waals surface area contributed by atoms with E-state index < -0.39 is 0 Å². The zero-order chi connectivity index (χ0) is 16.1. The summed E-state index contributed by atoms with van der Waals surface area (Å²) in [6.07, 6.45) is 0.469. The van der Waals surface area contributed by atoms with Crippen LogP contribution in [-0.4, -0.2) is 49.8 Å². The Kier molecular flexibility index (Phi) is 5.71. The summed E-state index contributed by atoms with van der Waals surface area (Å²) < 4.78 is 4.98. The van der Waals surface area contributed by atoms with Crippen molar-refractivity contribution in [3.63, 3.8) is 0 Å². The van der Waals surface area contributed by atoms with Gasteiger partial charge in [0, 0.05) is 32.0 Å². The highest BCUT2D eigenvalue weighted by atomic mass is 32.2. The van der Waals surface area contributed by atoms with E-state index in [4.69, 9.17) is 4.74 Å². The van der Waals surface area contributed by atoms with Crippen molar-refractivity contribution in [3.05, 3.63) is 29.8 Å². The Balaban J connectivity index is 2.17. The normalized spacial score (nSPS) is 18.2. The van der Waals surface area contributed by atoms with Crippen molar-refractivity contribution >= 4 is 29.3 Å². The van der Waals surface area contributed by atoms with Crippen LogP contribution in [0, 0.1) is 0 Å². The molecule has 5 nitrogen and oxygen atoms in total. The van der Waals surface area contributed by atoms with Crippen molar-refractivity contribution in [2.45, 2.75) is 18.7 Å². The lowest BCUT2D eigenvalue weighted by Crippen LogP contribution is -2.41. The lowest BCUT2D eigenvalue weighted by Gasteiger charge is -2.34. The van der Waals surface area contributed by atoms with Gasteiger partial charge in [-0.15, -0.1) is 11.8 Å².